The van der Waals surface area contributed by atoms with E-state index in [1.807, 2.05) is 0 Å². The Bertz CT molecular complexity index is 224. The van der Waals surface area contributed by atoms with Crippen LogP contribution < -0.4 is 5.73 Å². The molecule has 0 bridgehead atoms. The zero-order valence-corrected chi connectivity index (χ0v) is 6.71. The average Bonchev–Trinajstić information content (AvgIpc) is 2.36. The molecule has 0 saturated heterocycles. The van der Waals surface area contributed by atoms with Gasteiger partial charge in [0.1, 0.15) is 6.26 Å². The van der Waals surface area contributed by atoms with Crippen LogP contribution in [0.2, 0.25) is 5.02 Å². The minimum absolute atomic E-state index is 0.0582. The minimum Gasteiger partial charge on any atom is -0.471 e. The molecule has 0 amide bonds. The zero-order chi connectivity index (χ0) is 8.27. The van der Waals surface area contributed by atoms with Gasteiger partial charge in [0, 0.05) is 18.2 Å². The molecule has 0 fully saturated rings. The molecule has 3 N–H and O–H groups in total. The number of hydrogen-bond donors (Lipinski definition) is 2. The van der Waals surface area contributed by atoms with Crippen molar-refractivity contribution in [3.05, 3.63) is 23.1 Å². The van der Waals surface area contributed by atoms with E-state index in [0.717, 1.165) is 5.56 Å². The van der Waals surface area contributed by atoms with Crippen LogP contribution in [0.15, 0.2) is 16.9 Å². The van der Waals surface area contributed by atoms with Crippen LogP contribution in [0.5, 0.6) is 0 Å². The molecule has 1 rings (SSSR count). The first-order valence-corrected chi connectivity index (χ1v) is 3.71. The Kier molecular flexibility index (Phi) is 2.93. The van der Waals surface area contributed by atoms with Crippen LogP contribution in [0.1, 0.15) is 18.0 Å². The third-order valence-electron chi connectivity index (χ3n) is 1.48. The van der Waals surface area contributed by atoms with Crippen molar-refractivity contribution in [1.29, 1.82) is 0 Å². The molecule has 0 aromatic carbocycles. The van der Waals surface area contributed by atoms with Gasteiger partial charge in [-0.05, 0) is 6.42 Å². The maximum atomic E-state index is 8.57. The summed E-state index contributed by atoms with van der Waals surface area (Å²) in [7, 11) is 0. The summed E-state index contributed by atoms with van der Waals surface area (Å²) in [5.74, 6) is 0. The highest BCUT2D eigenvalue weighted by Crippen LogP contribution is 2.23. The van der Waals surface area contributed by atoms with Crippen LogP contribution in [0.4, 0.5) is 0 Å². The van der Waals surface area contributed by atoms with E-state index in [9.17, 15) is 0 Å². The fourth-order valence-electron chi connectivity index (χ4n) is 0.850. The molecule has 0 aliphatic heterocycles. The van der Waals surface area contributed by atoms with Crippen molar-refractivity contribution in [1.82, 2.24) is 0 Å². The smallest absolute Gasteiger partial charge is 0.109 e. The molecule has 1 atom stereocenters. The first-order valence-electron chi connectivity index (χ1n) is 3.33. The molecule has 0 aliphatic rings. The standard InChI is InChI=1S/C7H10ClNO2/c8-6-4-11-3-5(6)7(9)1-2-10/h3-4,7,10H,1-2,9H2/t7-/m1/s1. The van der Waals surface area contributed by atoms with Crippen molar-refractivity contribution >= 4 is 11.6 Å². The topological polar surface area (TPSA) is 59.4 Å². The third kappa shape index (κ3) is 1.96. The number of nitrogens with two attached hydrogens (primary N) is 1. The van der Waals surface area contributed by atoms with Crippen LogP contribution in [-0.2, 0) is 0 Å². The molecule has 62 valence electrons. The monoisotopic (exact) mass is 175 g/mol. The molecular formula is C7H10ClNO2. The second kappa shape index (κ2) is 3.76. The van der Waals surface area contributed by atoms with E-state index in [1.54, 1.807) is 0 Å². The van der Waals surface area contributed by atoms with E-state index < -0.39 is 0 Å². The van der Waals surface area contributed by atoms with E-state index >= 15 is 0 Å². The quantitative estimate of drug-likeness (QED) is 0.729. The molecule has 4 heteroatoms. The largest absolute Gasteiger partial charge is 0.471 e. The Hall–Kier alpha value is -0.510. The Morgan fingerprint density at radius 3 is 2.82 bits per heavy atom. The highest BCUT2D eigenvalue weighted by molar-refractivity contribution is 6.31. The van der Waals surface area contributed by atoms with Crippen LogP contribution in [0.25, 0.3) is 0 Å². The molecule has 1 aromatic rings. The Balaban J connectivity index is 2.67. The van der Waals surface area contributed by atoms with E-state index in [0.29, 0.717) is 11.4 Å². The van der Waals surface area contributed by atoms with Gasteiger partial charge in [0.2, 0.25) is 0 Å². The zero-order valence-electron chi connectivity index (χ0n) is 5.96. The summed E-state index contributed by atoms with van der Waals surface area (Å²) in [5, 5.41) is 9.09. The van der Waals surface area contributed by atoms with Gasteiger partial charge < -0.3 is 15.3 Å². The van der Waals surface area contributed by atoms with Crippen molar-refractivity contribution in [2.75, 3.05) is 6.61 Å². The van der Waals surface area contributed by atoms with E-state index in [4.69, 9.17) is 26.9 Å². The van der Waals surface area contributed by atoms with Gasteiger partial charge in [-0.2, -0.15) is 0 Å². The van der Waals surface area contributed by atoms with Crippen molar-refractivity contribution in [2.45, 2.75) is 12.5 Å². The fraction of sp³-hybridized carbons (Fsp3) is 0.429. The van der Waals surface area contributed by atoms with Crippen LogP contribution in [0.3, 0.4) is 0 Å². The lowest BCUT2D eigenvalue weighted by atomic mass is 10.1. The van der Waals surface area contributed by atoms with Gasteiger partial charge in [-0.3, -0.25) is 0 Å². The second-order valence-corrected chi connectivity index (χ2v) is 2.70. The number of halogens is 1. The first-order chi connectivity index (χ1) is 5.25. The number of aliphatic hydroxyl groups excluding tert-OH is 1. The van der Waals surface area contributed by atoms with Gasteiger partial charge in [0.25, 0.3) is 0 Å². The first kappa shape index (κ1) is 8.59. The third-order valence-corrected chi connectivity index (χ3v) is 1.79. The minimum atomic E-state index is -0.230. The molecule has 0 unspecified atom stereocenters. The van der Waals surface area contributed by atoms with Gasteiger partial charge in [-0.15, -0.1) is 0 Å². The number of rotatable bonds is 3. The molecular weight excluding hydrogens is 166 g/mol. The average molecular weight is 176 g/mol. The van der Waals surface area contributed by atoms with Gasteiger partial charge in [0.15, 0.2) is 0 Å². The van der Waals surface area contributed by atoms with E-state index in [1.165, 1.54) is 12.5 Å². The molecule has 0 radical (unpaired) electrons. The second-order valence-electron chi connectivity index (χ2n) is 2.29. The predicted octanol–water partition coefficient (Wildman–Crippen LogP) is 1.32. The van der Waals surface area contributed by atoms with Crippen molar-refractivity contribution in [3.8, 4) is 0 Å². The van der Waals surface area contributed by atoms with Gasteiger partial charge >= 0.3 is 0 Å². The number of hydrogen-bond acceptors (Lipinski definition) is 3. The normalized spacial score (nSPS) is 13.4. The van der Waals surface area contributed by atoms with Crippen molar-refractivity contribution < 1.29 is 9.52 Å². The SMILES string of the molecule is N[C@H](CCO)c1cocc1Cl. The summed E-state index contributed by atoms with van der Waals surface area (Å²) in [6.45, 7) is 0.0582. The molecule has 0 saturated carbocycles. The van der Waals surface area contributed by atoms with Crippen LogP contribution in [0, 0.1) is 0 Å². The van der Waals surface area contributed by atoms with E-state index in [2.05, 4.69) is 0 Å². The summed E-state index contributed by atoms with van der Waals surface area (Å²) in [6, 6.07) is -0.230. The molecule has 1 heterocycles. The predicted molar refractivity (Wildman–Crippen MR) is 42.3 cm³/mol. The summed E-state index contributed by atoms with van der Waals surface area (Å²) in [5.41, 5.74) is 6.40. The van der Waals surface area contributed by atoms with Gasteiger partial charge in [0.05, 0.1) is 11.3 Å². The summed E-state index contributed by atoms with van der Waals surface area (Å²) >= 11 is 5.72. The van der Waals surface area contributed by atoms with Gasteiger partial charge in [-0.1, -0.05) is 11.6 Å². The maximum Gasteiger partial charge on any atom is 0.109 e. The van der Waals surface area contributed by atoms with Crippen molar-refractivity contribution in [3.63, 3.8) is 0 Å². The van der Waals surface area contributed by atoms with Crippen LogP contribution >= 0.6 is 11.6 Å². The Morgan fingerprint density at radius 1 is 1.64 bits per heavy atom. The Morgan fingerprint density at radius 2 is 2.36 bits per heavy atom. The fourth-order valence-corrected chi connectivity index (χ4v) is 1.09. The lowest BCUT2D eigenvalue weighted by Gasteiger charge is -2.06. The lowest BCUT2D eigenvalue weighted by Crippen LogP contribution is -2.11. The number of aliphatic hydroxyl groups is 1. The molecule has 11 heavy (non-hydrogen) atoms. The lowest BCUT2D eigenvalue weighted by molar-refractivity contribution is 0.276. The maximum absolute atomic E-state index is 8.57. The molecule has 3 nitrogen and oxygen atoms in total. The molecule has 0 spiro atoms. The van der Waals surface area contributed by atoms with Crippen molar-refractivity contribution in [2.24, 2.45) is 5.73 Å². The van der Waals surface area contributed by atoms with Crippen LogP contribution in [-0.4, -0.2) is 11.7 Å². The Labute approximate surface area is 69.8 Å². The summed E-state index contributed by atoms with van der Waals surface area (Å²) in [4.78, 5) is 0. The summed E-state index contributed by atoms with van der Waals surface area (Å²) < 4.78 is 4.82. The highest BCUT2D eigenvalue weighted by atomic mass is 35.5. The summed E-state index contributed by atoms with van der Waals surface area (Å²) in [6.07, 6.45) is 3.43. The molecule has 0 aliphatic carbocycles. The number of furan rings is 1. The van der Waals surface area contributed by atoms with E-state index in [-0.39, 0.29) is 12.6 Å². The molecule has 1 aromatic heterocycles. The van der Waals surface area contributed by atoms with Gasteiger partial charge in [-0.25, -0.2) is 0 Å². The highest BCUT2D eigenvalue weighted by Gasteiger charge is 2.10.